The number of hydrogen-bond acceptors (Lipinski definition) is 11. The topological polar surface area (TPSA) is 166 Å². The van der Waals surface area contributed by atoms with Gasteiger partial charge in [-0.05, 0) is 127 Å². The zero-order chi connectivity index (χ0) is 50.7. The van der Waals surface area contributed by atoms with Gasteiger partial charge in [0.15, 0.2) is 0 Å². The van der Waals surface area contributed by atoms with Gasteiger partial charge in [-0.3, -0.25) is 19.9 Å². The number of fused-ring (bicyclic) bond motifs is 3. The van der Waals surface area contributed by atoms with Gasteiger partial charge >= 0.3 is 0 Å². The van der Waals surface area contributed by atoms with E-state index in [9.17, 15) is 20.3 Å². The summed E-state index contributed by atoms with van der Waals surface area (Å²) in [6.45, 7) is 7.03. The van der Waals surface area contributed by atoms with E-state index in [1.54, 1.807) is 18.2 Å². The highest BCUT2D eigenvalue weighted by molar-refractivity contribution is 6.03. The zero-order valence-corrected chi connectivity index (χ0v) is 42.1. The number of rotatable bonds is 24. The van der Waals surface area contributed by atoms with Gasteiger partial charge in [0.2, 0.25) is 11.7 Å². The van der Waals surface area contributed by atoms with Crippen LogP contribution in [-0.2, 0) is 34.1 Å². The molecule has 1 amide bonds. The predicted molar refractivity (Wildman–Crippen MR) is 282 cm³/mol. The lowest BCUT2D eigenvalue weighted by Gasteiger charge is -2.60. The van der Waals surface area contributed by atoms with Crippen LogP contribution in [0.25, 0.3) is 10.8 Å². The molecule has 384 valence electrons. The number of carbonyl (C=O) groups is 1. The minimum atomic E-state index is -1.44. The maximum absolute atomic E-state index is 15.6. The van der Waals surface area contributed by atoms with E-state index in [4.69, 9.17) is 29.2 Å². The van der Waals surface area contributed by atoms with Crippen molar-refractivity contribution in [3.8, 4) is 11.5 Å². The number of oxime groups is 1. The molecule has 0 saturated heterocycles. The molecule has 6 atom stereocenters. The van der Waals surface area contributed by atoms with Crippen LogP contribution in [0, 0.1) is 40.7 Å². The Labute approximate surface area is 429 Å². The van der Waals surface area contributed by atoms with Gasteiger partial charge in [-0.2, -0.15) is 0 Å². The summed E-state index contributed by atoms with van der Waals surface area (Å²) in [6, 6.07) is 32.0. The Balaban J connectivity index is 1.23. The lowest BCUT2D eigenvalue weighted by atomic mass is 9.55. The van der Waals surface area contributed by atoms with Crippen molar-refractivity contribution < 1.29 is 39.0 Å². The molecule has 1 aromatic heterocycles. The predicted octanol–water partition coefficient (Wildman–Crippen LogP) is 11.9. The molecule has 0 spiro atoms. The van der Waals surface area contributed by atoms with Crippen molar-refractivity contribution in [1.29, 1.82) is 0 Å². The van der Waals surface area contributed by atoms with Crippen molar-refractivity contribution in [2.45, 2.75) is 128 Å². The number of unbranched alkanes of at least 4 members (excludes halogenated alkanes) is 2. The smallest absolute Gasteiger partial charge is 0.269 e. The molecule has 4 aromatic carbocycles. The Bertz CT molecular complexity index is 2770. The first-order valence-electron chi connectivity index (χ1n) is 26.4. The quantitative estimate of drug-likeness (QED) is 0.0263. The molecule has 2 heterocycles. The number of nitro groups is 1. The van der Waals surface area contributed by atoms with E-state index in [-0.39, 0.29) is 68.8 Å². The SMILES string of the molecule is C=CCOC12Oc3ccc(OCc4cccc(C)n4)cc3C3C(CCCCO)C(CCCCO)C=C(C(=NOCc4ccc([N+](=O)[O-])cc4)CC1N(Cc1cccc4ccccc14)C(=O)CCC1CCCC1)C32. The van der Waals surface area contributed by atoms with Crippen molar-refractivity contribution in [3.63, 3.8) is 0 Å². The van der Waals surface area contributed by atoms with Crippen LogP contribution in [0.15, 0.2) is 133 Å². The van der Waals surface area contributed by atoms with Crippen LogP contribution >= 0.6 is 0 Å². The van der Waals surface area contributed by atoms with E-state index in [0.29, 0.717) is 48.9 Å². The average molecular weight is 991 g/mol. The number of carbonyl (C=O) groups excluding carboxylic acids is 1. The van der Waals surface area contributed by atoms with E-state index in [1.165, 1.54) is 25.0 Å². The number of benzene rings is 4. The van der Waals surface area contributed by atoms with Gasteiger partial charge in [0.05, 0.1) is 28.9 Å². The molecular formula is C60H70N4O9. The summed E-state index contributed by atoms with van der Waals surface area (Å²) in [5, 5.41) is 38.9. The summed E-state index contributed by atoms with van der Waals surface area (Å²) in [5.41, 5.74) is 5.99. The second kappa shape index (κ2) is 24.1. The Morgan fingerprint density at radius 3 is 2.47 bits per heavy atom. The van der Waals surface area contributed by atoms with Crippen molar-refractivity contribution in [1.82, 2.24) is 9.88 Å². The normalized spacial score (nSPS) is 22.8. The highest BCUT2D eigenvalue weighted by Gasteiger charge is 2.65. The second-order valence-electron chi connectivity index (χ2n) is 20.4. The van der Waals surface area contributed by atoms with Crippen molar-refractivity contribution in [2.75, 3.05) is 19.8 Å². The minimum Gasteiger partial charge on any atom is -0.487 e. The minimum absolute atomic E-state index is 0.0120. The standard InChI is InChI=1S/C60H70N4O9/c1-3-34-71-60-56(63(57(67)31-26-42-15-4-5-16-42)38-46-20-13-19-44-17-6-7-22-50(44)46)37-54(62-72-39-43-24-27-48(28-25-43)64(68)69)52-35-45(18-8-10-32-65)51(23-9-11-33-66)58(59(52)60)53-36-49(29-30-55(53)73-60)70-40-47-21-12-14-41(2)61-47/h3,6-7,12-14,17,19-22,24-25,27-30,35-36,42,45,51,56,58-59,65-66H,1,4-5,8-11,15-16,18,23,26,31-34,37-40H2,2H3. The van der Waals surface area contributed by atoms with Crippen molar-refractivity contribution in [2.24, 2.45) is 28.8 Å². The van der Waals surface area contributed by atoms with E-state index in [2.05, 4.69) is 49.1 Å². The molecule has 6 unspecified atom stereocenters. The number of aryl methyl sites for hydroxylation is 1. The van der Waals surface area contributed by atoms with Crippen LogP contribution in [0.1, 0.15) is 117 Å². The first kappa shape index (κ1) is 51.5. The monoisotopic (exact) mass is 991 g/mol. The number of ether oxygens (including phenoxy) is 3. The molecule has 3 aliphatic carbocycles. The molecule has 13 heteroatoms. The first-order chi connectivity index (χ1) is 35.7. The summed E-state index contributed by atoms with van der Waals surface area (Å²) >= 11 is 0. The molecule has 2 saturated carbocycles. The number of aromatic nitrogens is 1. The van der Waals surface area contributed by atoms with Crippen LogP contribution in [0.2, 0.25) is 0 Å². The van der Waals surface area contributed by atoms with Crippen molar-refractivity contribution in [3.05, 3.63) is 166 Å². The zero-order valence-electron chi connectivity index (χ0n) is 42.1. The second-order valence-corrected chi connectivity index (χ2v) is 20.4. The molecule has 4 aliphatic rings. The molecule has 5 aromatic rings. The number of nitrogens with zero attached hydrogens (tertiary/aromatic N) is 4. The third-order valence-electron chi connectivity index (χ3n) is 15.7. The fourth-order valence-corrected chi connectivity index (χ4v) is 12.2. The number of non-ortho nitro benzene ring substituents is 1. The summed E-state index contributed by atoms with van der Waals surface area (Å²) < 4.78 is 21.5. The summed E-state index contributed by atoms with van der Waals surface area (Å²) in [7, 11) is 0. The number of amides is 1. The highest BCUT2D eigenvalue weighted by atomic mass is 16.7. The fourth-order valence-electron chi connectivity index (χ4n) is 12.2. The molecular weight excluding hydrogens is 921 g/mol. The van der Waals surface area contributed by atoms with E-state index in [1.807, 2.05) is 54.3 Å². The molecule has 73 heavy (non-hydrogen) atoms. The van der Waals surface area contributed by atoms with Gasteiger partial charge in [-0.15, -0.1) is 6.58 Å². The van der Waals surface area contributed by atoms with Crippen LogP contribution in [-0.4, -0.2) is 68.3 Å². The van der Waals surface area contributed by atoms with Gasteiger partial charge in [-0.1, -0.05) is 104 Å². The molecule has 1 aliphatic heterocycles. The third kappa shape index (κ3) is 11.7. The number of nitro benzene ring substituents is 1. The summed E-state index contributed by atoms with van der Waals surface area (Å²) in [5.74, 6) is -0.334. The maximum atomic E-state index is 15.6. The molecule has 0 radical (unpaired) electrons. The Hall–Kier alpha value is -6.41. The van der Waals surface area contributed by atoms with Crippen LogP contribution in [0.4, 0.5) is 5.69 Å². The van der Waals surface area contributed by atoms with E-state index in [0.717, 1.165) is 89.4 Å². The maximum Gasteiger partial charge on any atom is 0.269 e. The van der Waals surface area contributed by atoms with E-state index >= 15 is 4.79 Å². The van der Waals surface area contributed by atoms with Crippen LogP contribution in [0.3, 0.4) is 0 Å². The summed E-state index contributed by atoms with van der Waals surface area (Å²) in [4.78, 5) is 39.7. The molecule has 2 N–H and O–H groups in total. The van der Waals surface area contributed by atoms with E-state index < -0.39 is 22.7 Å². The summed E-state index contributed by atoms with van der Waals surface area (Å²) in [6.07, 6.45) is 14.6. The molecule has 2 fully saturated rings. The van der Waals surface area contributed by atoms with Crippen LogP contribution < -0.4 is 9.47 Å². The Kier molecular flexibility index (Phi) is 17.0. The number of aliphatic hydroxyl groups is 2. The number of pyridine rings is 1. The first-order valence-corrected chi connectivity index (χ1v) is 26.4. The Morgan fingerprint density at radius 2 is 1.70 bits per heavy atom. The number of allylic oxidation sites excluding steroid dienone is 1. The average Bonchev–Trinajstić information content (AvgIpc) is 3.94. The molecule has 13 nitrogen and oxygen atoms in total. The van der Waals surface area contributed by atoms with Gasteiger partial charge < -0.3 is 34.2 Å². The molecule has 0 bridgehead atoms. The van der Waals surface area contributed by atoms with Gasteiger partial charge in [-0.25, -0.2) is 0 Å². The van der Waals surface area contributed by atoms with Crippen molar-refractivity contribution >= 4 is 28.1 Å². The van der Waals surface area contributed by atoms with Gasteiger partial charge in [0, 0.05) is 61.9 Å². The third-order valence-corrected chi connectivity index (χ3v) is 15.7. The number of aliphatic hydroxyl groups excluding tert-OH is 2. The largest absolute Gasteiger partial charge is 0.487 e. The van der Waals surface area contributed by atoms with Crippen LogP contribution in [0.5, 0.6) is 11.5 Å². The Morgan fingerprint density at radius 1 is 0.932 bits per heavy atom. The lowest BCUT2D eigenvalue weighted by molar-refractivity contribution is -0.384. The van der Waals surface area contributed by atoms with Gasteiger partial charge in [0.25, 0.3) is 5.69 Å². The molecule has 9 rings (SSSR count). The lowest BCUT2D eigenvalue weighted by Crippen LogP contribution is -2.70. The fraction of sp³-hybridized carbons (Fsp3) is 0.450. The number of hydrogen-bond donors (Lipinski definition) is 2. The highest BCUT2D eigenvalue weighted by Crippen LogP contribution is 2.62. The van der Waals surface area contributed by atoms with Gasteiger partial charge in [0.1, 0.15) is 30.8 Å².